The van der Waals surface area contributed by atoms with Crippen molar-refractivity contribution in [1.82, 2.24) is 9.88 Å². The molecule has 2 unspecified atom stereocenters. The Morgan fingerprint density at radius 2 is 1.93 bits per heavy atom. The molecule has 0 aliphatic heterocycles. The first-order chi connectivity index (χ1) is 13.1. The summed E-state index contributed by atoms with van der Waals surface area (Å²) in [5.74, 6) is 0.905. The predicted molar refractivity (Wildman–Crippen MR) is 108 cm³/mol. The summed E-state index contributed by atoms with van der Waals surface area (Å²) >= 11 is 0. The van der Waals surface area contributed by atoms with E-state index < -0.39 is 6.10 Å². The van der Waals surface area contributed by atoms with Gasteiger partial charge in [-0.15, -0.1) is 0 Å². The van der Waals surface area contributed by atoms with Crippen molar-refractivity contribution >= 4 is 10.9 Å². The zero-order chi connectivity index (χ0) is 19.0. The van der Waals surface area contributed by atoms with E-state index >= 15 is 0 Å². The fraction of sp³-hybridized carbons (Fsp3) is 0.348. The molecule has 4 rings (SSSR count). The van der Waals surface area contributed by atoms with Gasteiger partial charge >= 0.3 is 0 Å². The number of methoxy groups -OCH3 is 1. The fourth-order valence-electron chi connectivity index (χ4n) is 4.19. The summed E-state index contributed by atoms with van der Waals surface area (Å²) in [4.78, 5) is 7.04. The molecule has 0 fully saturated rings. The van der Waals surface area contributed by atoms with Crippen molar-refractivity contribution < 1.29 is 9.84 Å². The minimum atomic E-state index is -0.423. The van der Waals surface area contributed by atoms with Crippen LogP contribution < -0.4 is 4.74 Å². The first-order valence-electron chi connectivity index (χ1n) is 9.43. The molecule has 27 heavy (non-hydrogen) atoms. The molecule has 3 aromatic rings. The smallest absolute Gasteiger partial charge is 0.123 e. The van der Waals surface area contributed by atoms with Crippen molar-refractivity contribution in [2.75, 3.05) is 21.2 Å². The molecule has 4 nitrogen and oxygen atoms in total. The first kappa shape index (κ1) is 18.0. The van der Waals surface area contributed by atoms with Gasteiger partial charge in [-0.2, -0.15) is 0 Å². The largest absolute Gasteiger partial charge is 0.496 e. The van der Waals surface area contributed by atoms with Gasteiger partial charge in [-0.05, 0) is 49.8 Å². The van der Waals surface area contributed by atoms with Gasteiger partial charge in [-0.25, -0.2) is 0 Å². The third-order valence-electron chi connectivity index (χ3n) is 5.46. The third-order valence-corrected chi connectivity index (χ3v) is 5.46. The number of hydrogen-bond acceptors (Lipinski definition) is 4. The number of para-hydroxylation sites is 1. The summed E-state index contributed by atoms with van der Waals surface area (Å²) in [7, 11) is 5.81. The standard InChI is InChI=1S/C23H26N2O2/c1-25(2)14-19-17(8-6-10-23(19)27-3)18-13-21-16(12-22(18)26)11-15-7-4-5-9-20(15)24-21/h4-11,18,22,26H,12-14H2,1-3H3. The van der Waals surface area contributed by atoms with E-state index in [0.29, 0.717) is 6.42 Å². The average Bonchev–Trinajstić information content (AvgIpc) is 2.66. The quantitative estimate of drug-likeness (QED) is 0.771. The van der Waals surface area contributed by atoms with Gasteiger partial charge in [0.05, 0.1) is 18.7 Å². The van der Waals surface area contributed by atoms with Gasteiger partial charge < -0.3 is 14.7 Å². The van der Waals surface area contributed by atoms with Crippen molar-refractivity contribution in [1.29, 1.82) is 0 Å². The topological polar surface area (TPSA) is 45.6 Å². The van der Waals surface area contributed by atoms with E-state index in [1.165, 1.54) is 0 Å². The molecular weight excluding hydrogens is 336 g/mol. The molecule has 0 amide bonds. The van der Waals surface area contributed by atoms with Crippen LogP contribution in [0.5, 0.6) is 5.75 Å². The van der Waals surface area contributed by atoms with Gasteiger partial charge in [-0.3, -0.25) is 4.98 Å². The van der Waals surface area contributed by atoms with E-state index in [-0.39, 0.29) is 5.92 Å². The van der Waals surface area contributed by atoms with Crippen LogP contribution in [-0.4, -0.2) is 42.3 Å². The van der Waals surface area contributed by atoms with Crippen molar-refractivity contribution in [2.24, 2.45) is 0 Å². The van der Waals surface area contributed by atoms with E-state index in [4.69, 9.17) is 9.72 Å². The number of benzene rings is 2. The highest BCUT2D eigenvalue weighted by molar-refractivity contribution is 5.79. The number of fused-ring (bicyclic) bond motifs is 2. The Kier molecular flexibility index (Phi) is 4.85. The third kappa shape index (κ3) is 3.43. The van der Waals surface area contributed by atoms with E-state index in [1.807, 2.05) is 24.3 Å². The maximum atomic E-state index is 11.0. The molecule has 1 heterocycles. The van der Waals surface area contributed by atoms with Crippen LogP contribution in [0.2, 0.25) is 0 Å². The van der Waals surface area contributed by atoms with Crippen LogP contribution in [0.25, 0.3) is 10.9 Å². The number of ether oxygens (including phenoxy) is 1. The van der Waals surface area contributed by atoms with Crippen LogP contribution in [0.4, 0.5) is 0 Å². The number of pyridine rings is 1. The monoisotopic (exact) mass is 362 g/mol. The molecule has 1 aliphatic carbocycles. The molecule has 140 valence electrons. The zero-order valence-electron chi connectivity index (χ0n) is 16.1. The molecule has 2 aromatic carbocycles. The summed E-state index contributed by atoms with van der Waals surface area (Å²) in [5.41, 5.74) is 5.59. The molecule has 1 aliphatic rings. The molecule has 0 spiro atoms. The van der Waals surface area contributed by atoms with Crippen LogP contribution in [0.15, 0.2) is 48.5 Å². The average molecular weight is 362 g/mol. The predicted octanol–water partition coefficient (Wildman–Crippen LogP) is 3.55. The highest BCUT2D eigenvalue weighted by Crippen LogP contribution is 2.37. The van der Waals surface area contributed by atoms with Crippen molar-refractivity contribution in [2.45, 2.75) is 31.4 Å². The Balaban J connectivity index is 1.77. The number of aromatic nitrogens is 1. The summed E-state index contributed by atoms with van der Waals surface area (Å²) in [6, 6.07) is 16.5. The van der Waals surface area contributed by atoms with Gasteiger partial charge in [0.2, 0.25) is 0 Å². The maximum Gasteiger partial charge on any atom is 0.123 e. The number of aliphatic hydroxyl groups is 1. The van der Waals surface area contributed by atoms with E-state index in [1.54, 1.807) is 7.11 Å². The molecule has 0 bridgehead atoms. The van der Waals surface area contributed by atoms with Crippen LogP contribution in [-0.2, 0) is 19.4 Å². The van der Waals surface area contributed by atoms with Gasteiger partial charge in [0.1, 0.15) is 5.75 Å². The van der Waals surface area contributed by atoms with Crippen LogP contribution >= 0.6 is 0 Å². The lowest BCUT2D eigenvalue weighted by Crippen LogP contribution is -2.30. The van der Waals surface area contributed by atoms with Gasteiger partial charge in [0, 0.05) is 35.5 Å². The Labute approximate surface area is 160 Å². The van der Waals surface area contributed by atoms with E-state index in [0.717, 1.165) is 52.0 Å². The summed E-state index contributed by atoms with van der Waals surface area (Å²) in [5, 5.41) is 12.1. The first-order valence-corrected chi connectivity index (χ1v) is 9.43. The lowest BCUT2D eigenvalue weighted by atomic mass is 9.78. The van der Waals surface area contributed by atoms with Crippen LogP contribution in [0.3, 0.4) is 0 Å². The maximum absolute atomic E-state index is 11.0. The number of nitrogens with zero attached hydrogens (tertiary/aromatic N) is 2. The normalized spacial score (nSPS) is 19.3. The second-order valence-electron chi connectivity index (χ2n) is 7.63. The number of aliphatic hydroxyl groups excluding tert-OH is 1. The Hall–Kier alpha value is -2.43. The summed E-state index contributed by atoms with van der Waals surface area (Å²) in [6.07, 6.45) is 0.958. The molecule has 0 radical (unpaired) electrons. The number of hydrogen-bond donors (Lipinski definition) is 1. The lowest BCUT2D eigenvalue weighted by Gasteiger charge is -2.32. The summed E-state index contributed by atoms with van der Waals surface area (Å²) < 4.78 is 5.62. The molecule has 0 saturated carbocycles. The minimum absolute atomic E-state index is 0.0243. The Bertz CT molecular complexity index is 968. The number of rotatable bonds is 4. The van der Waals surface area contributed by atoms with Crippen LogP contribution in [0, 0.1) is 0 Å². The Morgan fingerprint density at radius 3 is 2.70 bits per heavy atom. The SMILES string of the molecule is COc1cccc(C2Cc3nc4ccccc4cc3CC2O)c1CN(C)C. The fourth-order valence-corrected chi connectivity index (χ4v) is 4.19. The molecule has 1 aromatic heterocycles. The van der Waals surface area contributed by atoms with Crippen LogP contribution in [0.1, 0.15) is 28.3 Å². The molecule has 2 atom stereocenters. The minimum Gasteiger partial charge on any atom is -0.496 e. The van der Waals surface area contributed by atoms with E-state index in [9.17, 15) is 5.11 Å². The Morgan fingerprint density at radius 1 is 1.11 bits per heavy atom. The van der Waals surface area contributed by atoms with Gasteiger partial charge in [-0.1, -0.05) is 30.3 Å². The molecular formula is C23H26N2O2. The lowest BCUT2D eigenvalue weighted by molar-refractivity contribution is 0.133. The van der Waals surface area contributed by atoms with Crippen molar-refractivity contribution in [3.8, 4) is 5.75 Å². The van der Waals surface area contributed by atoms with E-state index in [2.05, 4.69) is 43.3 Å². The zero-order valence-corrected chi connectivity index (χ0v) is 16.1. The molecule has 1 N–H and O–H groups in total. The second-order valence-corrected chi connectivity index (χ2v) is 7.63. The van der Waals surface area contributed by atoms with Crippen molar-refractivity contribution in [3.05, 3.63) is 70.9 Å². The highest BCUT2D eigenvalue weighted by atomic mass is 16.5. The molecule has 4 heteroatoms. The van der Waals surface area contributed by atoms with Gasteiger partial charge in [0.25, 0.3) is 0 Å². The highest BCUT2D eigenvalue weighted by Gasteiger charge is 2.31. The van der Waals surface area contributed by atoms with Crippen molar-refractivity contribution in [3.63, 3.8) is 0 Å². The molecule has 0 saturated heterocycles. The summed E-state index contributed by atoms with van der Waals surface area (Å²) in [6.45, 7) is 0.778. The second kappa shape index (κ2) is 7.29. The van der Waals surface area contributed by atoms with Gasteiger partial charge in [0.15, 0.2) is 0 Å².